The Kier molecular flexibility index (Phi) is 4.60. The second-order valence-electron chi connectivity index (χ2n) is 4.42. The molecular formula is C12H16F3N3O. The summed E-state index contributed by atoms with van der Waals surface area (Å²) in [4.78, 5) is 3.76. The maximum absolute atomic E-state index is 12.8. The normalized spacial score (nSPS) is 20.9. The molecule has 0 saturated carbocycles. The van der Waals surface area contributed by atoms with Gasteiger partial charge in [0.2, 0.25) is 0 Å². The maximum atomic E-state index is 12.8. The highest BCUT2D eigenvalue weighted by molar-refractivity contribution is 5.45. The third kappa shape index (κ3) is 4.07. The number of rotatable bonds is 3. The lowest BCUT2D eigenvalue weighted by Gasteiger charge is -2.17. The molecule has 0 aromatic carbocycles. The molecule has 1 aromatic rings. The van der Waals surface area contributed by atoms with Crippen molar-refractivity contribution in [2.24, 2.45) is 5.92 Å². The van der Waals surface area contributed by atoms with Gasteiger partial charge in [-0.2, -0.15) is 13.2 Å². The van der Waals surface area contributed by atoms with E-state index in [-0.39, 0.29) is 11.7 Å². The van der Waals surface area contributed by atoms with Gasteiger partial charge in [0.1, 0.15) is 5.82 Å². The first-order valence-corrected chi connectivity index (χ1v) is 6.12. The first-order chi connectivity index (χ1) is 9.07. The maximum Gasteiger partial charge on any atom is 0.419 e. The molecular weight excluding hydrogens is 259 g/mol. The molecule has 4 nitrogen and oxygen atoms in total. The third-order valence-electron chi connectivity index (χ3n) is 2.88. The van der Waals surface area contributed by atoms with Crippen LogP contribution in [0, 0.1) is 5.92 Å². The van der Waals surface area contributed by atoms with Crippen LogP contribution in [-0.4, -0.2) is 37.8 Å². The number of halogens is 3. The molecule has 1 aromatic heterocycles. The van der Waals surface area contributed by atoms with Gasteiger partial charge in [0.25, 0.3) is 0 Å². The molecule has 0 unspecified atom stereocenters. The number of anilines is 1. The number of hydrogen-bond acceptors (Lipinski definition) is 4. The molecule has 0 radical (unpaired) electrons. The van der Waals surface area contributed by atoms with Gasteiger partial charge in [0, 0.05) is 31.7 Å². The highest BCUT2D eigenvalue weighted by Gasteiger charge is 2.34. The average molecular weight is 275 g/mol. The van der Waals surface area contributed by atoms with Crippen LogP contribution in [0.1, 0.15) is 5.56 Å². The van der Waals surface area contributed by atoms with E-state index in [1.54, 1.807) is 0 Å². The molecule has 0 spiro atoms. The molecule has 1 saturated heterocycles. The van der Waals surface area contributed by atoms with Crippen LogP contribution >= 0.6 is 0 Å². The van der Waals surface area contributed by atoms with Gasteiger partial charge in [0.15, 0.2) is 0 Å². The summed E-state index contributed by atoms with van der Waals surface area (Å²) in [6.07, 6.45) is -3.05. The number of nitrogens with zero attached hydrogens (tertiary/aromatic N) is 1. The Morgan fingerprint density at radius 1 is 1.47 bits per heavy atom. The van der Waals surface area contributed by atoms with Crippen molar-refractivity contribution in [3.63, 3.8) is 0 Å². The predicted molar refractivity (Wildman–Crippen MR) is 64.9 cm³/mol. The van der Waals surface area contributed by atoms with E-state index in [9.17, 15) is 13.2 Å². The lowest BCUT2D eigenvalue weighted by Crippen LogP contribution is -2.28. The van der Waals surface area contributed by atoms with Gasteiger partial charge in [0.05, 0.1) is 18.8 Å². The van der Waals surface area contributed by atoms with E-state index in [1.165, 1.54) is 12.3 Å². The Bertz CT molecular complexity index is 403. The third-order valence-corrected chi connectivity index (χ3v) is 2.88. The quantitative estimate of drug-likeness (QED) is 0.882. The standard InChI is InChI=1S/C12H16F3N3O/c13-12(14,15)10-2-1-3-17-11(10)18-7-9-6-16-4-5-19-8-9/h1-3,9,16H,4-8H2,(H,17,18)/t9-/m1/s1. The van der Waals surface area contributed by atoms with Crippen LogP contribution in [0.5, 0.6) is 0 Å². The van der Waals surface area contributed by atoms with Crippen molar-refractivity contribution in [3.8, 4) is 0 Å². The van der Waals surface area contributed by atoms with E-state index < -0.39 is 11.7 Å². The van der Waals surface area contributed by atoms with Crippen molar-refractivity contribution in [2.75, 3.05) is 38.2 Å². The number of pyridine rings is 1. The highest BCUT2D eigenvalue weighted by Crippen LogP contribution is 2.33. The molecule has 19 heavy (non-hydrogen) atoms. The lowest BCUT2D eigenvalue weighted by molar-refractivity contribution is -0.137. The largest absolute Gasteiger partial charge is 0.419 e. The van der Waals surface area contributed by atoms with Crippen molar-refractivity contribution in [1.82, 2.24) is 10.3 Å². The molecule has 0 bridgehead atoms. The summed E-state index contributed by atoms with van der Waals surface area (Å²) < 4.78 is 43.6. The Balaban J connectivity index is 1.99. The van der Waals surface area contributed by atoms with Gasteiger partial charge < -0.3 is 15.4 Å². The number of ether oxygens (including phenoxy) is 1. The number of aromatic nitrogens is 1. The first kappa shape index (κ1) is 14.1. The molecule has 106 valence electrons. The predicted octanol–water partition coefficient (Wildman–Crippen LogP) is 1.75. The van der Waals surface area contributed by atoms with Crippen LogP contribution in [0.15, 0.2) is 18.3 Å². The molecule has 1 aliphatic rings. The van der Waals surface area contributed by atoms with Crippen molar-refractivity contribution < 1.29 is 17.9 Å². The molecule has 1 aliphatic heterocycles. The minimum Gasteiger partial charge on any atom is -0.380 e. The van der Waals surface area contributed by atoms with Crippen molar-refractivity contribution >= 4 is 5.82 Å². The van der Waals surface area contributed by atoms with Crippen LogP contribution in [-0.2, 0) is 10.9 Å². The monoisotopic (exact) mass is 275 g/mol. The molecule has 7 heteroatoms. The Labute approximate surface area is 109 Å². The topological polar surface area (TPSA) is 46.2 Å². The summed E-state index contributed by atoms with van der Waals surface area (Å²) in [5.41, 5.74) is -0.738. The van der Waals surface area contributed by atoms with Crippen molar-refractivity contribution in [3.05, 3.63) is 23.9 Å². The van der Waals surface area contributed by atoms with E-state index >= 15 is 0 Å². The minimum absolute atomic E-state index is 0.126. The molecule has 0 aliphatic carbocycles. The second kappa shape index (κ2) is 6.21. The number of hydrogen-bond donors (Lipinski definition) is 2. The van der Waals surface area contributed by atoms with Gasteiger partial charge >= 0.3 is 6.18 Å². The van der Waals surface area contributed by atoms with Gasteiger partial charge in [-0.15, -0.1) is 0 Å². The second-order valence-corrected chi connectivity index (χ2v) is 4.42. The molecule has 2 heterocycles. The van der Waals surface area contributed by atoms with Crippen molar-refractivity contribution in [2.45, 2.75) is 6.18 Å². The molecule has 1 atom stereocenters. The summed E-state index contributed by atoms with van der Waals surface area (Å²) in [6, 6.07) is 2.31. The van der Waals surface area contributed by atoms with Gasteiger partial charge in [-0.1, -0.05) is 0 Å². The summed E-state index contributed by atoms with van der Waals surface area (Å²) in [5.74, 6) is 0.00448. The van der Waals surface area contributed by atoms with Crippen LogP contribution < -0.4 is 10.6 Å². The first-order valence-electron chi connectivity index (χ1n) is 6.12. The van der Waals surface area contributed by atoms with E-state index in [0.29, 0.717) is 19.8 Å². The summed E-state index contributed by atoms with van der Waals surface area (Å²) in [6.45, 7) is 3.06. The lowest BCUT2D eigenvalue weighted by atomic mass is 10.1. The Morgan fingerprint density at radius 2 is 2.32 bits per heavy atom. The molecule has 0 amide bonds. The van der Waals surface area contributed by atoms with Gasteiger partial charge in [-0.25, -0.2) is 4.98 Å². The zero-order valence-corrected chi connectivity index (χ0v) is 10.3. The summed E-state index contributed by atoms with van der Waals surface area (Å²) in [5, 5.41) is 5.94. The fraction of sp³-hybridized carbons (Fsp3) is 0.583. The number of alkyl halides is 3. The average Bonchev–Trinajstić information content (AvgIpc) is 2.64. The van der Waals surface area contributed by atoms with Crippen LogP contribution in [0.2, 0.25) is 0 Å². The smallest absolute Gasteiger partial charge is 0.380 e. The molecule has 1 fully saturated rings. The Hall–Kier alpha value is -1.34. The summed E-state index contributed by atoms with van der Waals surface area (Å²) in [7, 11) is 0. The van der Waals surface area contributed by atoms with E-state index in [2.05, 4.69) is 15.6 Å². The summed E-state index contributed by atoms with van der Waals surface area (Å²) >= 11 is 0. The Morgan fingerprint density at radius 3 is 3.11 bits per heavy atom. The fourth-order valence-electron chi connectivity index (χ4n) is 1.91. The molecule has 2 rings (SSSR count). The SMILES string of the molecule is FC(F)(F)c1cccnc1NC[C@H]1CNCCOC1. The van der Waals surface area contributed by atoms with E-state index in [0.717, 1.165) is 19.2 Å². The minimum atomic E-state index is -4.39. The number of nitrogens with one attached hydrogen (secondary N) is 2. The van der Waals surface area contributed by atoms with E-state index in [4.69, 9.17) is 4.74 Å². The van der Waals surface area contributed by atoms with Gasteiger partial charge in [-0.05, 0) is 12.1 Å². The molecule has 2 N–H and O–H groups in total. The zero-order chi connectivity index (χ0) is 13.7. The van der Waals surface area contributed by atoms with Crippen LogP contribution in [0.4, 0.5) is 19.0 Å². The van der Waals surface area contributed by atoms with Gasteiger partial charge in [-0.3, -0.25) is 0 Å². The highest BCUT2D eigenvalue weighted by atomic mass is 19.4. The zero-order valence-electron chi connectivity index (χ0n) is 10.3. The van der Waals surface area contributed by atoms with Crippen LogP contribution in [0.3, 0.4) is 0 Å². The van der Waals surface area contributed by atoms with Crippen molar-refractivity contribution in [1.29, 1.82) is 0 Å². The fourth-order valence-corrected chi connectivity index (χ4v) is 1.91. The van der Waals surface area contributed by atoms with Crippen LogP contribution in [0.25, 0.3) is 0 Å². The van der Waals surface area contributed by atoms with E-state index in [1.807, 2.05) is 0 Å².